The van der Waals surface area contributed by atoms with Gasteiger partial charge < -0.3 is 9.88 Å². The normalized spacial score (nSPS) is 10.3. The Morgan fingerprint density at radius 2 is 2.27 bits per heavy atom. The molecule has 5 heteroatoms. The molecule has 0 atom stereocenters. The van der Waals surface area contributed by atoms with Gasteiger partial charge in [-0.2, -0.15) is 0 Å². The van der Waals surface area contributed by atoms with E-state index in [1.807, 2.05) is 11.9 Å². The molecule has 0 bridgehead atoms. The molecular weight excluding hydrogens is 258 g/mol. The average Bonchev–Trinajstić information content (AvgIpc) is 2.25. The molecule has 1 N–H and O–H groups in total. The molecule has 0 fully saturated rings. The minimum atomic E-state index is -0.125. The summed E-state index contributed by atoms with van der Waals surface area (Å²) in [7, 11) is 1.89. The number of H-pyrrole nitrogens is 1. The molecule has 0 aliphatic heterocycles. The van der Waals surface area contributed by atoms with Gasteiger partial charge in [0.2, 0.25) is 0 Å². The molecule has 0 aliphatic rings. The largest absolute Gasteiger partial charge is 0.355 e. The van der Waals surface area contributed by atoms with Crippen molar-refractivity contribution in [1.82, 2.24) is 9.97 Å². The molecule has 0 amide bonds. The molecule has 15 heavy (non-hydrogen) atoms. The molecule has 4 nitrogen and oxygen atoms in total. The van der Waals surface area contributed by atoms with E-state index in [1.54, 1.807) is 12.4 Å². The van der Waals surface area contributed by atoms with Crippen molar-refractivity contribution >= 4 is 21.7 Å². The quantitative estimate of drug-likeness (QED) is 0.635. The summed E-state index contributed by atoms with van der Waals surface area (Å²) < 4.78 is 0. The van der Waals surface area contributed by atoms with Crippen LogP contribution in [0.4, 0.5) is 5.82 Å². The third-order valence-corrected chi connectivity index (χ3v) is 2.74. The van der Waals surface area contributed by atoms with Crippen LogP contribution in [0.5, 0.6) is 0 Å². The summed E-state index contributed by atoms with van der Waals surface area (Å²) in [6.45, 7) is 0.868. The summed E-state index contributed by atoms with van der Waals surface area (Å²) in [5.74, 6) is 0.497. The lowest BCUT2D eigenvalue weighted by Crippen LogP contribution is -2.27. The fraction of sp³-hybridized carbons (Fsp3) is 0.600. The van der Waals surface area contributed by atoms with Crippen molar-refractivity contribution in [2.75, 3.05) is 23.8 Å². The standard InChI is InChI=1S/C10H16BrN3O/c1-14(8-4-2-3-5-11)9-10(15)13-7-6-12-9/h6-7H,2-5,8H2,1H3,(H,13,15). The minimum Gasteiger partial charge on any atom is -0.355 e. The Bertz CT molecular complexity index is 339. The number of rotatable bonds is 6. The van der Waals surface area contributed by atoms with Crippen molar-refractivity contribution in [3.05, 3.63) is 22.7 Å². The molecule has 1 aromatic rings. The van der Waals surface area contributed by atoms with Crippen LogP contribution in [-0.4, -0.2) is 28.9 Å². The van der Waals surface area contributed by atoms with E-state index in [0.29, 0.717) is 5.82 Å². The number of alkyl halides is 1. The summed E-state index contributed by atoms with van der Waals surface area (Å²) in [5.41, 5.74) is -0.125. The van der Waals surface area contributed by atoms with Crippen LogP contribution in [0.1, 0.15) is 19.3 Å². The van der Waals surface area contributed by atoms with Gasteiger partial charge in [-0.15, -0.1) is 0 Å². The number of unbranched alkanes of at least 4 members (excludes halogenated alkanes) is 2. The van der Waals surface area contributed by atoms with E-state index in [0.717, 1.165) is 18.3 Å². The average molecular weight is 274 g/mol. The van der Waals surface area contributed by atoms with E-state index in [4.69, 9.17) is 0 Å². The number of hydrogen-bond donors (Lipinski definition) is 1. The summed E-state index contributed by atoms with van der Waals surface area (Å²) in [6, 6.07) is 0. The van der Waals surface area contributed by atoms with E-state index in [-0.39, 0.29) is 5.56 Å². The lowest BCUT2D eigenvalue weighted by atomic mass is 10.2. The highest BCUT2D eigenvalue weighted by molar-refractivity contribution is 9.09. The van der Waals surface area contributed by atoms with Crippen molar-refractivity contribution in [3.8, 4) is 0 Å². The molecule has 0 radical (unpaired) electrons. The number of nitrogens with zero attached hydrogens (tertiary/aromatic N) is 2. The molecule has 0 aromatic carbocycles. The summed E-state index contributed by atoms with van der Waals surface area (Å²) in [4.78, 5) is 19.9. The van der Waals surface area contributed by atoms with Gasteiger partial charge in [-0.1, -0.05) is 22.4 Å². The van der Waals surface area contributed by atoms with Crippen molar-refractivity contribution in [2.24, 2.45) is 0 Å². The fourth-order valence-corrected chi connectivity index (χ4v) is 1.74. The Balaban J connectivity index is 2.43. The predicted octanol–water partition coefficient (Wildman–Crippen LogP) is 1.77. The zero-order chi connectivity index (χ0) is 11.1. The van der Waals surface area contributed by atoms with Crippen LogP contribution >= 0.6 is 15.9 Å². The molecule has 0 saturated heterocycles. The first-order valence-corrected chi connectivity index (χ1v) is 6.18. The second-order valence-corrected chi connectivity index (χ2v) is 4.21. The first-order valence-electron chi connectivity index (χ1n) is 5.06. The monoisotopic (exact) mass is 273 g/mol. The van der Waals surface area contributed by atoms with E-state index < -0.39 is 0 Å². The molecule has 84 valence electrons. The maximum atomic E-state index is 11.4. The van der Waals surface area contributed by atoms with Gasteiger partial charge in [0, 0.05) is 31.3 Å². The third kappa shape index (κ3) is 4.03. The molecule has 0 aliphatic carbocycles. The SMILES string of the molecule is CN(CCCCCBr)c1ncc[nH]c1=O. The molecule has 0 unspecified atom stereocenters. The Labute approximate surface area is 97.8 Å². The lowest BCUT2D eigenvalue weighted by Gasteiger charge is -2.16. The van der Waals surface area contributed by atoms with Crippen LogP contribution in [0.25, 0.3) is 0 Å². The number of nitrogens with one attached hydrogen (secondary N) is 1. The highest BCUT2D eigenvalue weighted by atomic mass is 79.9. The van der Waals surface area contributed by atoms with E-state index >= 15 is 0 Å². The number of aromatic nitrogens is 2. The van der Waals surface area contributed by atoms with E-state index in [1.165, 1.54) is 12.8 Å². The Morgan fingerprint density at radius 3 is 2.93 bits per heavy atom. The summed E-state index contributed by atoms with van der Waals surface area (Å²) in [6.07, 6.45) is 6.57. The van der Waals surface area contributed by atoms with Crippen molar-refractivity contribution in [2.45, 2.75) is 19.3 Å². The number of halogens is 1. The Hall–Kier alpha value is -0.840. The molecule has 1 aromatic heterocycles. The van der Waals surface area contributed by atoms with Crippen LogP contribution in [0.15, 0.2) is 17.2 Å². The van der Waals surface area contributed by atoms with Crippen molar-refractivity contribution in [1.29, 1.82) is 0 Å². The molecular formula is C10H16BrN3O. The number of anilines is 1. The number of hydrogen-bond acceptors (Lipinski definition) is 3. The smallest absolute Gasteiger partial charge is 0.290 e. The maximum absolute atomic E-state index is 11.4. The second kappa shape index (κ2) is 6.61. The third-order valence-electron chi connectivity index (χ3n) is 2.18. The van der Waals surface area contributed by atoms with Crippen LogP contribution in [-0.2, 0) is 0 Å². The van der Waals surface area contributed by atoms with Crippen molar-refractivity contribution in [3.63, 3.8) is 0 Å². The van der Waals surface area contributed by atoms with Gasteiger partial charge in [0.1, 0.15) is 0 Å². The van der Waals surface area contributed by atoms with Crippen LogP contribution < -0.4 is 10.5 Å². The zero-order valence-corrected chi connectivity index (χ0v) is 10.5. The van der Waals surface area contributed by atoms with Gasteiger partial charge >= 0.3 is 0 Å². The van der Waals surface area contributed by atoms with Crippen LogP contribution in [0.3, 0.4) is 0 Å². The molecule has 1 heterocycles. The van der Waals surface area contributed by atoms with Gasteiger partial charge in [0.05, 0.1) is 0 Å². The highest BCUT2D eigenvalue weighted by Gasteiger charge is 2.05. The minimum absolute atomic E-state index is 0.125. The highest BCUT2D eigenvalue weighted by Crippen LogP contribution is 2.04. The molecule has 0 spiro atoms. The van der Waals surface area contributed by atoms with Crippen LogP contribution in [0, 0.1) is 0 Å². The molecule has 1 rings (SSSR count). The van der Waals surface area contributed by atoms with E-state index in [2.05, 4.69) is 25.9 Å². The zero-order valence-electron chi connectivity index (χ0n) is 8.87. The van der Waals surface area contributed by atoms with Crippen LogP contribution in [0.2, 0.25) is 0 Å². The van der Waals surface area contributed by atoms with Gasteiger partial charge in [0.25, 0.3) is 5.56 Å². The topological polar surface area (TPSA) is 49.0 Å². The van der Waals surface area contributed by atoms with Gasteiger partial charge in [-0.05, 0) is 12.8 Å². The first kappa shape index (κ1) is 12.2. The summed E-state index contributed by atoms with van der Waals surface area (Å²) >= 11 is 3.39. The van der Waals surface area contributed by atoms with Gasteiger partial charge in [0.15, 0.2) is 5.82 Å². The Morgan fingerprint density at radius 1 is 1.47 bits per heavy atom. The predicted molar refractivity (Wildman–Crippen MR) is 65.8 cm³/mol. The van der Waals surface area contributed by atoms with Gasteiger partial charge in [-0.25, -0.2) is 4.98 Å². The lowest BCUT2D eigenvalue weighted by molar-refractivity contribution is 0.704. The van der Waals surface area contributed by atoms with E-state index in [9.17, 15) is 4.79 Å². The van der Waals surface area contributed by atoms with Crippen molar-refractivity contribution < 1.29 is 0 Å². The first-order chi connectivity index (χ1) is 7.25. The fourth-order valence-electron chi connectivity index (χ4n) is 1.34. The summed E-state index contributed by atoms with van der Waals surface area (Å²) in [5, 5.41) is 1.04. The Kier molecular flexibility index (Phi) is 5.39. The van der Waals surface area contributed by atoms with Gasteiger partial charge in [-0.3, -0.25) is 4.79 Å². The number of aromatic amines is 1. The second-order valence-electron chi connectivity index (χ2n) is 3.41. The maximum Gasteiger partial charge on any atom is 0.290 e. The molecule has 0 saturated carbocycles.